The molecule has 0 bridgehead atoms. The Labute approximate surface area is 208 Å². The Morgan fingerprint density at radius 1 is 0.806 bits per heavy atom. The molecule has 0 fully saturated rings. The Morgan fingerprint density at radius 2 is 1.19 bits per heavy atom. The normalized spacial score (nSPS) is 9.55. The number of hydrogen-bond donors (Lipinski definition) is 1. The number of benzene rings is 2. The average Bonchev–Trinajstić information content (AvgIpc) is 2.72. The maximum absolute atomic E-state index is 11.3. The summed E-state index contributed by atoms with van der Waals surface area (Å²) in [5, 5.41) is -0.435. The molecule has 2 N–H and O–H groups in total. The van der Waals surface area contributed by atoms with Gasteiger partial charge in [0, 0.05) is 43.6 Å². The monoisotopic (exact) mass is 575 g/mol. The second-order valence-corrected chi connectivity index (χ2v) is 9.24. The minimum atomic E-state index is -0.435. The van der Waals surface area contributed by atoms with E-state index < -0.39 is 5.37 Å². The first kappa shape index (κ1) is 29.6. The second-order valence-electron chi connectivity index (χ2n) is 7.08. The summed E-state index contributed by atoms with van der Waals surface area (Å²) in [5.74, 6) is 0.201. The molecule has 172 valence electrons. The molecule has 2 amide bonds. The zero-order chi connectivity index (χ0) is 23.8. The fourth-order valence-electron chi connectivity index (χ4n) is 2.14. The molecule has 0 unspecified atom stereocenters. The van der Waals surface area contributed by atoms with Gasteiger partial charge in [-0.1, -0.05) is 56.1 Å². The predicted octanol–water partition coefficient (Wildman–Crippen LogP) is 5.72. The first-order chi connectivity index (χ1) is 14.6. The van der Waals surface area contributed by atoms with Crippen molar-refractivity contribution in [1.82, 2.24) is 9.80 Å². The number of carbonyl (C=O) groups is 2. The van der Waals surface area contributed by atoms with E-state index in [9.17, 15) is 9.59 Å². The van der Waals surface area contributed by atoms with Gasteiger partial charge in [-0.25, -0.2) is 0 Å². The van der Waals surface area contributed by atoms with Crippen molar-refractivity contribution in [2.45, 2.75) is 25.7 Å². The highest BCUT2D eigenvalue weighted by Gasteiger charge is 2.03. The van der Waals surface area contributed by atoms with Gasteiger partial charge in [-0.15, -0.1) is 0 Å². The van der Waals surface area contributed by atoms with Crippen LogP contribution in [0.1, 0.15) is 24.0 Å². The van der Waals surface area contributed by atoms with Crippen LogP contribution in [-0.4, -0.2) is 55.8 Å². The lowest BCUT2D eigenvalue weighted by Crippen LogP contribution is -2.21. The molecule has 0 saturated carbocycles. The van der Waals surface area contributed by atoms with Gasteiger partial charge >= 0.3 is 5.37 Å². The molecule has 0 spiro atoms. The van der Waals surface area contributed by atoms with Gasteiger partial charge < -0.3 is 15.5 Å². The number of rotatable bonds is 6. The van der Waals surface area contributed by atoms with Crippen molar-refractivity contribution in [2.75, 3.05) is 34.7 Å². The van der Waals surface area contributed by atoms with Gasteiger partial charge in [0.05, 0.1) is 0 Å². The van der Waals surface area contributed by atoms with E-state index in [1.54, 1.807) is 33.1 Å². The molecule has 0 radical (unpaired) electrons. The fraction of sp³-hybridized carbons (Fsp3) is 0.391. The zero-order valence-corrected chi connectivity index (χ0v) is 22.5. The number of carbonyl (C=O) groups excluding carboxylic acids is 2. The van der Waals surface area contributed by atoms with Crippen LogP contribution in [0.3, 0.4) is 0 Å². The number of hydrogen-bond acceptors (Lipinski definition) is 3. The quantitative estimate of drug-likeness (QED) is 0.353. The van der Waals surface area contributed by atoms with Crippen LogP contribution in [0.2, 0.25) is 0 Å². The predicted molar refractivity (Wildman–Crippen MR) is 138 cm³/mol. The van der Waals surface area contributed by atoms with Crippen molar-refractivity contribution in [3.63, 3.8) is 0 Å². The maximum atomic E-state index is 11.3. The third-order valence-corrected chi connectivity index (χ3v) is 5.36. The first-order valence-corrected chi connectivity index (χ1v) is 11.8. The van der Waals surface area contributed by atoms with Gasteiger partial charge in [-0.2, -0.15) is 0 Å². The molecule has 0 aliphatic carbocycles. The number of nitrogens with zero attached hydrogens (tertiary/aromatic N) is 2. The average molecular weight is 578 g/mol. The van der Waals surface area contributed by atoms with Crippen LogP contribution in [0, 0.1) is 0 Å². The molecular formula is C23H32Br2ClN3O2. The van der Waals surface area contributed by atoms with Crippen LogP contribution >= 0.6 is 43.5 Å². The summed E-state index contributed by atoms with van der Waals surface area (Å²) in [6, 6.07) is 16.5. The Kier molecular flexibility index (Phi) is 16.4. The number of amides is 2. The van der Waals surface area contributed by atoms with Crippen molar-refractivity contribution in [3.8, 4) is 0 Å². The molecule has 2 aromatic rings. The number of aryl methyl sites for hydroxylation is 1. The van der Waals surface area contributed by atoms with Crippen LogP contribution in [0.25, 0.3) is 0 Å². The van der Waals surface area contributed by atoms with Crippen LogP contribution in [-0.2, 0) is 17.6 Å². The summed E-state index contributed by atoms with van der Waals surface area (Å²) < 4.78 is 2.21. The smallest absolute Gasteiger partial charge is 0.315 e. The molecule has 0 aliphatic rings. The second kappa shape index (κ2) is 17.2. The van der Waals surface area contributed by atoms with E-state index in [4.69, 9.17) is 17.3 Å². The van der Waals surface area contributed by atoms with Crippen LogP contribution < -0.4 is 5.73 Å². The summed E-state index contributed by atoms with van der Waals surface area (Å²) in [6.45, 7) is 0.724. The molecule has 0 saturated heterocycles. The molecule has 0 aromatic heterocycles. The highest BCUT2D eigenvalue weighted by Crippen LogP contribution is 2.12. The van der Waals surface area contributed by atoms with Crippen molar-refractivity contribution in [1.29, 1.82) is 0 Å². The van der Waals surface area contributed by atoms with E-state index in [0.29, 0.717) is 6.42 Å². The first-order valence-electron chi connectivity index (χ1n) is 9.82. The van der Waals surface area contributed by atoms with E-state index >= 15 is 0 Å². The van der Waals surface area contributed by atoms with Gasteiger partial charge in [0.2, 0.25) is 5.91 Å². The Bertz CT molecular complexity index is 767. The summed E-state index contributed by atoms with van der Waals surface area (Å²) in [4.78, 5) is 24.1. The topological polar surface area (TPSA) is 66.6 Å². The molecule has 0 atom stereocenters. The molecular weight excluding hydrogens is 546 g/mol. The lowest BCUT2D eigenvalue weighted by Gasteiger charge is -2.09. The molecule has 0 aliphatic heterocycles. The van der Waals surface area contributed by atoms with E-state index in [2.05, 4.69) is 56.1 Å². The molecule has 5 nitrogen and oxygen atoms in total. The van der Waals surface area contributed by atoms with Crippen LogP contribution in [0.5, 0.6) is 0 Å². The molecule has 2 aromatic carbocycles. The van der Waals surface area contributed by atoms with E-state index in [0.717, 1.165) is 34.8 Å². The molecule has 0 heterocycles. The van der Waals surface area contributed by atoms with Gasteiger partial charge in [-0.05, 0) is 72.8 Å². The van der Waals surface area contributed by atoms with E-state index in [-0.39, 0.29) is 5.91 Å². The Morgan fingerprint density at radius 3 is 1.52 bits per heavy atom. The van der Waals surface area contributed by atoms with E-state index in [1.165, 1.54) is 16.0 Å². The van der Waals surface area contributed by atoms with Crippen molar-refractivity contribution in [2.24, 2.45) is 5.73 Å². The van der Waals surface area contributed by atoms with Crippen LogP contribution in [0.15, 0.2) is 57.5 Å². The van der Waals surface area contributed by atoms with Crippen molar-refractivity contribution >= 4 is 54.7 Å². The van der Waals surface area contributed by atoms with Crippen molar-refractivity contribution in [3.05, 3.63) is 68.6 Å². The summed E-state index contributed by atoms with van der Waals surface area (Å²) in [7, 11) is 6.77. The lowest BCUT2D eigenvalue weighted by atomic mass is 10.1. The molecule has 2 rings (SSSR count). The maximum Gasteiger partial charge on any atom is 0.315 e. The standard InChI is InChI=1S/C12H16BrNO.C8H10BrN.C3H6ClNO/c1-14(2)12(15)5-3-4-10-6-8-11(13)9-7-10;9-8-3-1-7(2-4-8)5-6-10;1-5(2)3(4)6/h6-9H,3-5H2,1-2H3;1-4H,5-6,10H2;1-2H3. The van der Waals surface area contributed by atoms with Gasteiger partial charge in [-0.3, -0.25) is 9.59 Å². The minimum absolute atomic E-state index is 0.201. The van der Waals surface area contributed by atoms with Gasteiger partial charge in [0.25, 0.3) is 0 Å². The van der Waals surface area contributed by atoms with Crippen LogP contribution in [0.4, 0.5) is 4.79 Å². The highest BCUT2D eigenvalue weighted by atomic mass is 79.9. The summed E-state index contributed by atoms with van der Waals surface area (Å²) in [5.41, 5.74) is 7.97. The Hall–Kier alpha value is -1.41. The van der Waals surface area contributed by atoms with Crippen molar-refractivity contribution < 1.29 is 9.59 Å². The van der Waals surface area contributed by atoms with Gasteiger partial charge in [0.1, 0.15) is 0 Å². The third kappa shape index (κ3) is 16.0. The zero-order valence-electron chi connectivity index (χ0n) is 18.6. The summed E-state index contributed by atoms with van der Waals surface area (Å²) in [6.07, 6.45) is 3.47. The number of halogens is 3. The lowest BCUT2D eigenvalue weighted by molar-refractivity contribution is -0.128. The third-order valence-electron chi connectivity index (χ3n) is 3.97. The number of nitrogens with two attached hydrogens (primary N) is 1. The van der Waals surface area contributed by atoms with E-state index in [1.807, 2.05) is 24.3 Å². The SMILES string of the molecule is CN(C)C(=O)CCCc1ccc(Br)cc1.CN(C)C(=O)Cl.NCCc1ccc(Br)cc1. The van der Waals surface area contributed by atoms with Gasteiger partial charge in [0.15, 0.2) is 0 Å². The fourth-order valence-corrected chi connectivity index (χ4v) is 2.66. The Balaban J connectivity index is 0.000000484. The highest BCUT2D eigenvalue weighted by molar-refractivity contribution is 9.10. The largest absolute Gasteiger partial charge is 0.349 e. The molecule has 31 heavy (non-hydrogen) atoms. The molecule has 8 heteroatoms. The summed E-state index contributed by atoms with van der Waals surface area (Å²) >= 11 is 11.7. The minimum Gasteiger partial charge on any atom is -0.349 e.